The topological polar surface area (TPSA) is 77.2 Å². The Labute approximate surface area is 177 Å². The molecule has 5 aromatic rings. The fraction of sp³-hybridized carbons (Fsp3) is 0. The van der Waals surface area contributed by atoms with Crippen molar-refractivity contribution in [2.24, 2.45) is 0 Å². The molecule has 6 nitrogen and oxygen atoms in total. The largest absolute Gasteiger partial charge is 0.261 e. The number of hydrogen-bond donors (Lipinski definition) is 0. The Morgan fingerprint density at radius 3 is 2.39 bits per heavy atom. The van der Waals surface area contributed by atoms with E-state index in [-0.39, 0.29) is 9.92 Å². The van der Waals surface area contributed by atoms with E-state index in [2.05, 4.69) is 15.1 Å². The molecule has 0 spiro atoms. The Hall–Kier alpha value is -3.91. The Morgan fingerprint density at radius 1 is 0.871 bits per heavy atom. The van der Waals surface area contributed by atoms with Gasteiger partial charge in [-0.1, -0.05) is 30.3 Å². The van der Waals surface area contributed by atoms with E-state index in [1.165, 1.54) is 30.5 Å². The van der Waals surface area contributed by atoms with Crippen molar-refractivity contribution in [2.45, 2.75) is 9.92 Å². The van der Waals surface area contributed by atoms with Crippen molar-refractivity contribution < 1.29 is 12.8 Å². The molecule has 31 heavy (non-hydrogen) atoms. The maximum absolute atomic E-state index is 14.5. The smallest absolute Gasteiger partial charge is 0.223 e. The molecule has 152 valence electrons. The van der Waals surface area contributed by atoms with Crippen molar-refractivity contribution >= 4 is 15.4 Å². The summed E-state index contributed by atoms with van der Waals surface area (Å²) in [6.07, 6.45) is 6.35. The zero-order chi connectivity index (χ0) is 21.4. The van der Waals surface area contributed by atoms with Crippen molar-refractivity contribution in [1.29, 1.82) is 0 Å². The van der Waals surface area contributed by atoms with Gasteiger partial charge in [-0.15, -0.1) is 0 Å². The van der Waals surface area contributed by atoms with Crippen LogP contribution in [0.1, 0.15) is 0 Å². The Kier molecular flexibility index (Phi) is 4.56. The monoisotopic (exact) mass is 430 g/mol. The number of pyridine rings is 1. The molecule has 0 aliphatic rings. The third-order valence-corrected chi connectivity index (χ3v) is 6.61. The summed E-state index contributed by atoms with van der Waals surface area (Å²) in [6.45, 7) is 0. The predicted octanol–water partition coefficient (Wildman–Crippen LogP) is 4.43. The molecular weight excluding hydrogens is 415 g/mol. The van der Waals surface area contributed by atoms with Crippen LogP contribution in [0.15, 0.2) is 101 Å². The number of benzene rings is 2. The molecule has 8 heteroatoms. The average Bonchev–Trinajstić information content (AvgIpc) is 3.19. The van der Waals surface area contributed by atoms with Gasteiger partial charge in [0.1, 0.15) is 11.5 Å². The highest BCUT2D eigenvalue weighted by Crippen LogP contribution is 2.36. The van der Waals surface area contributed by atoms with Crippen LogP contribution in [-0.4, -0.2) is 28.0 Å². The summed E-state index contributed by atoms with van der Waals surface area (Å²) in [5, 5.41) is 4.46. The van der Waals surface area contributed by atoms with Crippen LogP contribution < -0.4 is 0 Å². The molecule has 0 amide bonds. The summed E-state index contributed by atoms with van der Waals surface area (Å²) in [4.78, 5) is 8.53. The van der Waals surface area contributed by atoms with Gasteiger partial charge in [0.25, 0.3) is 0 Å². The Bertz CT molecular complexity index is 1500. The van der Waals surface area contributed by atoms with E-state index in [0.717, 1.165) is 0 Å². The molecular formula is C23H15FN4O2S. The molecule has 0 fully saturated rings. The molecule has 0 saturated carbocycles. The number of rotatable bonds is 4. The van der Waals surface area contributed by atoms with Crippen LogP contribution in [0.5, 0.6) is 0 Å². The first-order valence-corrected chi connectivity index (χ1v) is 10.9. The summed E-state index contributed by atoms with van der Waals surface area (Å²) in [6, 6.07) is 17.6. The van der Waals surface area contributed by atoms with E-state index in [4.69, 9.17) is 0 Å². The quantitative estimate of drug-likeness (QED) is 0.422. The Morgan fingerprint density at radius 2 is 1.65 bits per heavy atom. The summed E-state index contributed by atoms with van der Waals surface area (Å²) in [5.41, 5.74) is 2.64. The van der Waals surface area contributed by atoms with Crippen LogP contribution in [0, 0.1) is 5.82 Å². The second-order valence-corrected chi connectivity index (χ2v) is 8.71. The van der Waals surface area contributed by atoms with Crippen LogP contribution in [0.3, 0.4) is 0 Å². The van der Waals surface area contributed by atoms with E-state index in [0.29, 0.717) is 27.9 Å². The van der Waals surface area contributed by atoms with E-state index < -0.39 is 15.7 Å². The first-order chi connectivity index (χ1) is 15.1. The highest BCUT2D eigenvalue weighted by molar-refractivity contribution is 7.91. The minimum absolute atomic E-state index is 0.0653. The molecule has 0 unspecified atom stereocenters. The van der Waals surface area contributed by atoms with Crippen molar-refractivity contribution in [3.8, 4) is 22.4 Å². The summed E-state index contributed by atoms with van der Waals surface area (Å²) >= 11 is 0. The van der Waals surface area contributed by atoms with Crippen molar-refractivity contribution in [3.05, 3.63) is 97.3 Å². The third kappa shape index (κ3) is 3.27. The van der Waals surface area contributed by atoms with Crippen LogP contribution >= 0.6 is 0 Å². The van der Waals surface area contributed by atoms with Gasteiger partial charge in [-0.2, -0.15) is 5.10 Å². The van der Waals surface area contributed by atoms with Gasteiger partial charge in [0.05, 0.1) is 16.6 Å². The van der Waals surface area contributed by atoms with Crippen LogP contribution in [0.4, 0.5) is 4.39 Å². The van der Waals surface area contributed by atoms with E-state index in [1.807, 2.05) is 0 Å². The number of halogens is 1. The summed E-state index contributed by atoms with van der Waals surface area (Å²) in [7, 11) is -3.74. The zero-order valence-electron chi connectivity index (χ0n) is 16.1. The molecule has 0 atom stereocenters. The van der Waals surface area contributed by atoms with E-state index >= 15 is 0 Å². The minimum atomic E-state index is -3.74. The molecule has 5 rings (SSSR count). The molecule has 3 aromatic heterocycles. The van der Waals surface area contributed by atoms with Crippen molar-refractivity contribution in [1.82, 2.24) is 19.6 Å². The highest BCUT2D eigenvalue weighted by atomic mass is 32.2. The van der Waals surface area contributed by atoms with Gasteiger partial charge < -0.3 is 0 Å². The standard InChI is InChI=1S/C23H15FN4O2S/c24-19-9-5-4-8-18(19)23-22(20-15-25-12-13-28(20)27-23)16-10-11-21(26-14-16)31(29,30)17-6-2-1-3-7-17/h1-15H. The first kappa shape index (κ1) is 19.1. The molecule has 0 radical (unpaired) electrons. The van der Waals surface area contributed by atoms with Gasteiger partial charge in [-0.05, 0) is 36.4 Å². The fourth-order valence-electron chi connectivity index (χ4n) is 3.43. The normalized spacial score (nSPS) is 11.6. The lowest BCUT2D eigenvalue weighted by Gasteiger charge is -2.07. The molecule has 0 saturated heterocycles. The van der Waals surface area contributed by atoms with Gasteiger partial charge in [0, 0.05) is 35.3 Å². The van der Waals surface area contributed by atoms with Gasteiger partial charge in [-0.25, -0.2) is 22.3 Å². The number of sulfone groups is 1. The first-order valence-electron chi connectivity index (χ1n) is 9.39. The second-order valence-electron chi connectivity index (χ2n) is 6.81. The third-order valence-electron chi connectivity index (χ3n) is 4.92. The van der Waals surface area contributed by atoms with Gasteiger partial charge in [-0.3, -0.25) is 4.98 Å². The number of nitrogens with zero attached hydrogens (tertiary/aromatic N) is 4. The summed E-state index contributed by atoms with van der Waals surface area (Å²) < 4.78 is 41.8. The van der Waals surface area contributed by atoms with Gasteiger partial charge >= 0.3 is 0 Å². The average molecular weight is 430 g/mol. The predicted molar refractivity (Wildman–Crippen MR) is 114 cm³/mol. The van der Waals surface area contributed by atoms with Crippen molar-refractivity contribution in [3.63, 3.8) is 0 Å². The van der Waals surface area contributed by atoms with Crippen molar-refractivity contribution in [2.75, 3.05) is 0 Å². The van der Waals surface area contributed by atoms with E-state index in [1.54, 1.807) is 65.6 Å². The highest BCUT2D eigenvalue weighted by Gasteiger charge is 2.22. The Balaban J connectivity index is 1.67. The maximum atomic E-state index is 14.5. The van der Waals surface area contributed by atoms with Crippen LogP contribution in [-0.2, 0) is 9.84 Å². The molecule has 3 heterocycles. The molecule has 2 aromatic carbocycles. The lowest BCUT2D eigenvalue weighted by molar-refractivity contribution is 0.592. The lowest BCUT2D eigenvalue weighted by Crippen LogP contribution is -2.04. The van der Waals surface area contributed by atoms with Crippen LogP contribution in [0.25, 0.3) is 27.9 Å². The molecule has 0 aliphatic heterocycles. The zero-order valence-corrected chi connectivity index (χ0v) is 16.9. The summed E-state index contributed by atoms with van der Waals surface area (Å²) in [5.74, 6) is -0.406. The molecule has 0 N–H and O–H groups in total. The van der Waals surface area contributed by atoms with Crippen LogP contribution in [0.2, 0.25) is 0 Å². The minimum Gasteiger partial charge on any atom is -0.261 e. The van der Waals surface area contributed by atoms with Gasteiger partial charge in [0.15, 0.2) is 5.03 Å². The maximum Gasteiger partial charge on any atom is 0.223 e. The number of fused-ring (bicyclic) bond motifs is 1. The number of hydrogen-bond acceptors (Lipinski definition) is 5. The fourth-order valence-corrected chi connectivity index (χ4v) is 4.63. The molecule has 0 bridgehead atoms. The lowest BCUT2D eigenvalue weighted by atomic mass is 10.0. The number of aromatic nitrogens is 4. The SMILES string of the molecule is O=S(=O)(c1ccccc1)c1ccc(-c2c(-c3ccccc3F)nn3ccncc23)cn1. The van der Waals surface area contributed by atoms with E-state index in [9.17, 15) is 12.8 Å². The second kappa shape index (κ2) is 7.41. The molecule has 0 aliphatic carbocycles. The van der Waals surface area contributed by atoms with Gasteiger partial charge in [0.2, 0.25) is 9.84 Å².